The summed E-state index contributed by atoms with van der Waals surface area (Å²) in [5.74, 6) is 1.95. The van der Waals surface area contributed by atoms with Crippen molar-refractivity contribution in [3.8, 4) is 0 Å². The van der Waals surface area contributed by atoms with E-state index in [1.54, 1.807) is 0 Å². The minimum atomic E-state index is 0.551. The summed E-state index contributed by atoms with van der Waals surface area (Å²) in [6.45, 7) is 0. The Bertz CT molecular complexity index is 179. The molecule has 100 valence electrons. The molecule has 2 nitrogen and oxygen atoms in total. The zero-order chi connectivity index (χ0) is 12.1. The molecule has 0 spiro atoms. The first-order valence-corrected chi connectivity index (χ1v) is 7.37. The summed E-state index contributed by atoms with van der Waals surface area (Å²) in [4.78, 5) is 0. The van der Waals surface area contributed by atoms with Crippen molar-refractivity contribution in [2.24, 2.45) is 11.8 Å². The summed E-state index contributed by atoms with van der Waals surface area (Å²) >= 11 is 0. The summed E-state index contributed by atoms with van der Waals surface area (Å²) in [6.07, 6.45) is 13.3. The lowest BCUT2D eigenvalue weighted by atomic mass is 9.76. The van der Waals surface area contributed by atoms with Gasteiger partial charge in [-0.3, -0.25) is 0 Å². The topological polar surface area (TPSA) is 18.5 Å². The van der Waals surface area contributed by atoms with Crippen molar-refractivity contribution in [1.82, 2.24) is 0 Å². The first kappa shape index (κ1) is 13.4. The standard InChI is InChI=1S/C15H28O2/c1-16-14-7-3-12(4-8-14)11-13-5-9-15(17-2)10-6-13/h12-15H,3-11H2,1-2H3. The molecule has 0 bridgehead atoms. The van der Waals surface area contributed by atoms with E-state index in [2.05, 4.69) is 0 Å². The highest BCUT2D eigenvalue weighted by Gasteiger charge is 2.26. The van der Waals surface area contributed by atoms with E-state index in [9.17, 15) is 0 Å². The lowest BCUT2D eigenvalue weighted by Gasteiger charge is -2.33. The molecule has 0 amide bonds. The van der Waals surface area contributed by atoms with Crippen LogP contribution < -0.4 is 0 Å². The van der Waals surface area contributed by atoms with E-state index in [0.29, 0.717) is 12.2 Å². The summed E-state index contributed by atoms with van der Waals surface area (Å²) in [6, 6.07) is 0. The van der Waals surface area contributed by atoms with Crippen molar-refractivity contribution in [3.05, 3.63) is 0 Å². The van der Waals surface area contributed by atoms with Gasteiger partial charge in [-0.25, -0.2) is 0 Å². The Kier molecular flexibility index (Phi) is 5.30. The maximum Gasteiger partial charge on any atom is 0.0571 e. The van der Waals surface area contributed by atoms with Crippen molar-refractivity contribution in [3.63, 3.8) is 0 Å². The maximum absolute atomic E-state index is 5.44. The molecule has 0 aliphatic heterocycles. The average Bonchev–Trinajstić information content (AvgIpc) is 2.40. The van der Waals surface area contributed by atoms with Crippen LogP contribution in [0.4, 0.5) is 0 Å². The Morgan fingerprint density at radius 3 is 1.29 bits per heavy atom. The van der Waals surface area contributed by atoms with Crippen LogP contribution in [0.15, 0.2) is 0 Å². The molecule has 0 saturated heterocycles. The molecule has 2 rings (SSSR count). The summed E-state index contributed by atoms with van der Waals surface area (Å²) in [5.41, 5.74) is 0. The number of hydrogen-bond donors (Lipinski definition) is 0. The van der Waals surface area contributed by atoms with E-state index < -0.39 is 0 Å². The van der Waals surface area contributed by atoms with Crippen LogP contribution >= 0.6 is 0 Å². The van der Waals surface area contributed by atoms with Gasteiger partial charge in [-0.2, -0.15) is 0 Å². The molecule has 0 heterocycles. The number of rotatable bonds is 4. The Balaban J connectivity index is 1.65. The quantitative estimate of drug-likeness (QED) is 0.744. The molecule has 0 radical (unpaired) electrons. The predicted molar refractivity (Wildman–Crippen MR) is 70.1 cm³/mol. The van der Waals surface area contributed by atoms with Crippen LogP contribution in [-0.2, 0) is 9.47 Å². The third-order valence-corrected chi connectivity index (χ3v) is 4.92. The van der Waals surface area contributed by atoms with Gasteiger partial charge in [0.2, 0.25) is 0 Å². The fourth-order valence-corrected chi connectivity index (χ4v) is 3.68. The molecule has 0 aromatic heterocycles. The third kappa shape index (κ3) is 3.96. The van der Waals surface area contributed by atoms with E-state index >= 15 is 0 Å². The van der Waals surface area contributed by atoms with Crippen LogP contribution in [0.2, 0.25) is 0 Å². The minimum absolute atomic E-state index is 0.551. The fourth-order valence-electron chi connectivity index (χ4n) is 3.68. The Hall–Kier alpha value is -0.0800. The molecule has 2 heteroatoms. The van der Waals surface area contributed by atoms with Crippen molar-refractivity contribution in [1.29, 1.82) is 0 Å². The number of methoxy groups -OCH3 is 2. The highest BCUT2D eigenvalue weighted by molar-refractivity contribution is 4.78. The smallest absolute Gasteiger partial charge is 0.0571 e. The minimum Gasteiger partial charge on any atom is -0.381 e. The van der Waals surface area contributed by atoms with Gasteiger partial charge < -0.3 is 9.47 Å². The fraction of sp³-hybridized carbons (Fsp3) is 1.00. The summed E-state index contributed by atoms with van der Waals surface area (Å²) < 4.78 is 10.9. The Morgan fingerprint density at radius 2 is 1.00 bits per heavy atom. The second-order valence-corrected chi connectivity index (χ2v) is 5.99. The molecule has 2 fully saturated rings. The Labute approximate surface area is 106 Å². The lowest BCUT2D eigenvalue weighted by Crippen LogP contribution is -2.25. The molecule has 0 aromatic rings. The molecule has 2 aliphatic carbocycles. The van der Waals surface area contributed by atoms with Gasteiger partial charge in [-0.15, -0.1) is 0 Å². The van der Waals surface area contributed by atoms with E-state index in [4.69, 9.17) is 9.47 Å². The van der Waals surface area contributed by atoms with Gasteiger partial charge in [0.25, 0.3) is 0 Å². The normalized spacial score (nSPS) is 39.2. The maximum atomic E-state index is 5.44. The van der Waals surface area contributed by atoms with Crippen LogP contribution in [0.5, 0.6) is 0 Å². The molecule has 2 saturated carbocycles. The molecule has 0 unspecified atom stereocenters. The highest BCUT2D eigenvalue weighted by Crippen LogP contribution is 2.36. The van der Waals surface area contributed by atoms with Gasteiger partial charge >= 0.3 is 0 Å². The SMILES string of the molecule is COC1CCC(CC2CCC(OC)CC2)CC1. The van der Waals surface area contributed by atoms with Crippen molar-refractivity contribution in [2.45, 2.75) is 70.0 Å². The molecule has 0 atom stereocenters. The second-order valence-electron chi connectivity index (χ2n) is 5.99. The van der Waals surface area contributed by atoms with Gasteiger partial charge in [0.15, 0.2) is 0 Å². The molecule has 2 aliphatic rings. The van der Waals surface area contributed by atoms with Crippen LogP contribution in [-0.4, -0.2) is 26.4 Å². The van der Waals surface area contributed by atoms with Crippen molar-refractivity contribution >= 4 is 0 Å². The van der Waals surface area contributed by atoms with E-state index in [1.165, 1.54) is 57.8 Å². The van der Waals surface area contributed by atoms with Crippen LogP contribution in [0, 0.1) is 11.8 Å². The second kappa shape index (κ2) is 6.75. The number of ether oxygens (including phenoxy) is 2. The Morgan fingerprint density at radius 1 is 0.647 bits per heavy atom. The first-order chi connectivity index (χ1) is 8.31. The van der Waals surface area contributed by atoms with Crippen molar-refractivity contribution < 1.29 is 9.47 Å². The first-order valence-electron chi connectivity index (χ1n) is 7.37. The summed E-state index contributed by atoms with van der Waals surface area (Å²) in [7, 11) is 3.72. The van der Waals surface area contributed by atoms with Crippen molar-refractivity contribution in [2.75, 3.05) is 14.2 Å². The van der Waals surface area contributed by atoms with Crippen LogP contribution in [0.1, 0.15) is 57.8 Å². The number of hydrogen-bond acceptors (Lipinski definition) is 2. The van der Waals surface area contributed by atoms with Gasteiger partial charge in [0.1, 0.15) is 0 Å². The largest absolute Gasteiger partial charge is 0.381 e. The molecular formula is C15H28O2. The highest BCUT2D eigenvalue weighted by atomic mass is 16.5. The third-order valence-electron chi connectivity index (χ3n) is 4.92. The zero-order valence-electron chi connectivity index (χ0n) is 11.5. The predicted octanol–water partition coefficient (Wildman–Crippen LogP) is 3.79. The van der Waals surface area contributed by atoms with Crippen LogP contribution in [0.3, 0.4) is 0 Å². The van der Waals surface area contributed by atoms with Gasteiger partial charge in [0.05, 0.1) is 12.2 Å². The van der Waals surface area contributed by atoms with Crippen LogP contribution in [0.25, 0.3) is 0 Å². The van der Waals surface area contributed by atoms with Gasteiger partial charge in [0, 0.05) is 14.2 Å². The van der Waals surface area contributed by atoms with E-state index in [1.807, 2.05) is 14.2 Å². The van der Waals surface area contributed by atoms with E-state index in [0.717, 1.165) is 11.8 Å². The molecule has 0 aromatic carbocycles. The molecule has 0 N–H and O–H groups in total. The van der Waals surface area contributed by atoms with E-state index in [-0.39, 0.29) is 0 Å². The van der Waals surface area contributed by atoms with Gasteiger partial charge in [-0.05, 0) is 69.6 Å². The van der Waals surface area contributed by atoms with Gasteiger partial charge in [-0.1, -0.05) is 0 Å². The lowest BCUT2D eigenvalue weighted by molar-refractivity contribution is 0.0381. The molecule has 17 heavy (non-hydrogen) atoms. The zero-order valence-corrected chi connectivity index (χ0v) is 11.5. The molecular weight excluding hydrogens is 212 g/mol. The summed E-state index contributed by atoms with van der Waals surface area (Å²) in [5, 5.41) is 0. The monoisotopic (exact) mass is 240 g/mol. The average molecular weight is 240 g/mol.